The third-order valence-electron chi connectivity index (χ3n) is 4.79. The van der Waals surface area contributed by atoms with Crippen molar-refractivity contribution < 1.29 is 14.3 Å². The van der Waals surface area contributed by atoms with Crippen LogP contribution in [0.3, 0.4) is 0 Å². The van der Waals surface area contributed by atoms with Crippen molar-refractivity contribution in [3.8, 4) is 28.0 Å². The Morgan fingerprint density at radius 2 is 1.30 bits per heavy atom. The molecule has 0 aliphatic carbocycles. The first kappa shape index (κ1) is 19.2. The molecule has 1 amide bonds. The van der Waals surface area contributed by atoms with Crippen LogP contribution < -0.4 is 10.7 Å². The molecule has 4 rings (SSSR count). The largest absolute Gasteiger partial charge is 0.501 e. The lowest BCUT2D eigenvalue weighted by atomic mass is 9.99. The summed E-state index contributed by atoms with van der Waals surface area (Å²) in [5.74, 6) is -1.73. The maximum absolute atomic E-state index is 12.1. The zero-order valence-electron chi connectivity index (χ0n) is 16.0. The van der Waals surface area contributed by atoms with Gasteiger partial charge in [0.05, 0.1) is 6.26 Å². The second-order valence-electron chi connectivity index (χ2n) is 6.79. The smallest absolute Gasteiger partial charge is 0.291 e. The molecule has 1 aromatic heterocycles. The Kier molecular flexibility index (Phi) is 5.44. The fourth-order valence-electron chi connectivity index (χ4n) is 3.13. The number of carbonyl (C=O) groups is 1. The molecule has 0 unspecified atom stereocenters. The zero-order chi connectivity index (χ0) is 20.9. The van der Waals surface area contributed by atoms with Crippen molar-refractivity contribution >= 4 is 5.91 Å². The minimum Gasteiger partial charge on any atom is -0.501 e. The van der Waals surface area contributed by atoms with Gasteiger partial charge in [-0.05, 0) is 27.8 Å². The highest BCUT2D eigenvalue weighted by Gasteiger charge is 2.16. The summed E-state index contributed by atoms with van der Waals surface area (Å²) < 4.78 is 4.95. The quantitative estimate of drug-likeness (QED) is 0.515. The molecule has 5 heteroatoms. The molecule has 0 fully saturated rings. The predicted molar refractivity (Wildman–Crippen MR) is 115 cm³/mol. The van der Waals surface area contributed by atoms with Crippen LogP contribution in [0.25, 0.3) is 22.3 Å². The van der Waals surface area contributed by atoms with Crippen molar-refractivity contribution in [3.05, 3.63) is 113 Å². The topological polar surface area (TPSA) is 79.5 Å². The average Bonchev–Trinajstić information content (AvgIpc) is 2.80. The van der Waals surface area contributed by atoms with Gasteiger partial charge in [-0.25, -0.2) is 0 Å². The summed E-state index contributed by atoms with van der Waals surface area (Å²) in [6.45, 7) is 0.240. The van der Waals surface area contributed by atoms with Crippen LogP contribution in [0.1, 0.15) is 16.1 Å². The Balaban J connectivity index is 1.42. The summed E-state index contributed by atoms with van der Waals surface area (Å²) in [7, 11) is 0. The molecule has 4 aromatic rings. The molecule has 0 aliphatic rings. The molecule has 0 saturated carbocycles. The van der Waals surface area contributed by atoms with Crippen LogP contribution in [0, 0.1) is 0 Å². The fraction of sp³-hybridized carbons (Fsp3) is 0.0400. The summed E-state index contributed by atoms with van der Waals surface area (Å²) in [6, 6.07) is 27.4. The summed E-state index contributed by atoms with van der Waals surface area (Å²) in [6.07, 6.45) is 1.08. The monoisotopic (exact) mass is 397 g/mol. The van der Waals surface area contributed by atoms with E-state index >= 15 is 0 Å². The van der Waals surface area contributed by atoms with E-state index in [4.69, 9.17) is 4.42 Å². The van der Waals surface area contributed by atoms with Gasteiger partial charge < -0.3 is 14.8 Å². The fourth-order valence-corrected chi connectivity index (χ4v) is 3.13. The highest BCUT2D eigenvalue weighted by atomic mass is 16.4. The van der Waals surface area contributed by atoms with Gasteiger partial charge in [-0.2, -0.15) is 0 Å². The van der Waals surface area contributed by atoms with E-state index in [1.165, 1.54) is 5.56 Å². The first-order valence-electron chi connectivity index (χ1n) is 9.45. The van der Waals surface area contributed by atoms with Crippen molar-refractivity contribution in [3.63, 3.8) is 0 Å². The molecular formula is C25H19NO4. The zero-order valence-corrected chi connectivity index (χ0v) is 16.0. The van der Waals surface area contributed by atoms with Crippen molar-refractivity contribution in [2.24, 2.45) is 0 Å². The molecule has 0 radical (unpaired) electrons. The van der Waals surface area contributed by atoms with Gasteiger partial charge in [0.2, 0.25) is 16.9 Å². The maximum Gasteiger partial charge on any atom is 0.291 e. The molecule has 1 heterocycles. The van der Waals surface area contributed by atoms with Crippen LogP contribution in [-0.4, -0.2) is 11.0 Å². The number of aromatic hydroxyl groups is 1. The van der Waals surface area contributed by atoms with Crippen LogP contribution in [0.4, 0.5) is 0 Å². The van der Waals surface area contributed by atoms with E-state index in [-0.39, 0.29) is 6.54 Å². The Bertz CT molecular complexity index is 1210. The lowest BCUT2D eigenvalue weighted by molar-refractivity contribution is 0.0915. The second-order valence-corrected chi connectivity index (χ2v) is 6.79. The van der Waals surface area contributed by atoms with Gasteiger partial charge in [0.1, 0.15) is 0 Å². The van der Waals surface area contributed by atoms with Crippen LogP contribution in [0.15, 0.2) is 100 Å². The molecule has 0 saturated heterocycles. The molecule has 0 spiro atoms. The minimum atomic E-state index is -0.690. The number of carbonyl (C=O) groups excluding carboxylic acids is 1. The lowest BCUT2D eigenvalue weighted by Crippen LogP contribution is -2.24. The van der Waals surface area contributed by atoms with Crippen LogP contribution in [0.2, 0.25) is 0 Å². The van der Waals surface area contributed by atoms with Gasteiger partial charge in [-0.3, -0.25) is 9.59 Å². The molecule has 148 valence electrons. The average molecular weight is 397 g/mol. The highest BCUT2D eigenvalue weighted by Crippen LogP contribution is 2.25. The molecule has 0 aliphatic heterocycles. The molecule has 0 atom stereocenters. The van der Waals surface area contributed by atoms with Crippen molar-refractivity contribution in [1.29, 1.82) is 0 Å². The van der Waals surface area contributed by atoms with E-state index < -0.39 is 22.8 Å². The van der Waals surface area contributed by atoms with Crippen molar-refractivity contribution in [1.82, 2.24) is 5.32 Å². The second kappa shape index (κ2) is 8.49. The predicted octanol–water partition coefficient (Wildman–Crippen LogP) is 4.61. The molecule has 2 N–H and O–H groups in total. The first-order valence-corrected chi connectivity index (χ1v) is 9.45. The SMILES string of the molecule is O=C(NCc1ccc(-c2ccc(-c3ccccc3)cc2)cc1)c1occc(=O)c1O. The number of amides is 1. The molecular weight excluding hydrogens is 378 g/mol. The van der Waals surface area contributed by atoms with Gasteiger partial charge >= 0.3 is 0 Å². The Labute approximate surface area is 173 Å². The first-order chi connectivity index (χ1) is 14.6. The summed E-state index contributed by atoms with van der Waals surface area (Å²) in [5, 5.41) is 12.3. The summed E-state index contributed by atoms with van der Waals surface area (Å²) in [5.41, 5.74) is 4.72. The number of benzene rings is 3. The third-order valence-corrected chi connectivity index (χ3v) is 4.79. The number of hydrogen-bond donors (Lipinski definition) is 2. The van der Waals surface area contributed by atoms with Crippen LogP contribution in [-0.2, 0) is 6.54 Å². The standard InChI is InChI=1S/C25H19NO4/c27-22-14-15-30-24(23(22)28)25(29)26-16-17-6-8-19(9-7-17)21-12-10-20(11-13-21)18-4-2-1-3-5-18/h1-15,28H,16H2,(H,26,29). The number of hydrogen-bond acceptors (Lipinski definition) is 4. The summed E-state index contributed by atoms with van der Waals surface area (Å²) >= 11 is 0. The number of nitrogens with one attached hydrogen (secondary N) is 1. The maximum atomic E-state index is 12.1. The van der Waals surface area contributed by atoms with Crippen molar-refractivity contribution in [2.45, 2.75) is 6.54 Å². The van der Waals surface area contributed by atoms with Gasteiger partial charge in [-0.1, -0.05) is 78.9 Å². The Hall–Kier alpha value is -4.12. The summed E-state index contributed by atoms with van der Waals surface area (Å²) in [4.78, 5) is 23.5. The van der Waals surface area contributed by atoms with Gasteiger partial charge in [-0.15, -0.1) is 0 Å². The van der Waals surface area contributed by atoms with Crippen LogP contribution in [0.5, 0.6) is 5.75 Å². The van der Waals surface area contributed by atoms with Gasteiger partial charge in [0.25, 0.3) is 5.91 Å². The Morgan fingerprint density at radius 1 is 0.767 bits per heavy atom. The molecule has 30 heavy (non-hydrogen) atoms. The molecule has 0 bridgehead atoms. The highest BCUT2D eigenvalue weighted by molar-refractivity contribution is 5.93. The minimum absolute atomic E-state index is 0.240. The van der Waals surface area contributed by atoms with E-state index in [2.05, 4.69) is 41.7 Å². The van der Waals surface area contributed by atoms with Crippen LogP contribution >= 0.6 is 0 Å². The van der Waals surface area contributed by atoms with E-state index in [0.717, 1.165) is 34.6 Å². The van der Waals surface area contributed by atoms with Crippen molar-refractivity contribution in [2.75, 3.05) is 0 Å². The molecule has 5 nitrogen and oxygen atoms in total. The normalized spacial score (nSPS) is 10.5. The van der Waals surface area contributed by atoms with Gasteiger partial charge in [0, 0.05) is 12.6 Å². The van der Waals surface area contributed by atoms with E-state index in [0.29, 0.717) is 0 Å². The lowest BCUT2D eigenvalue weighted by Gasteiger charge is -2.08. The van der Waals surface area contributed by atoms with E-state index in [9.17, 15) is 14.7 Å². The van der Waals surface area contributed by atoms with E-state index in [1.54, 1.807) is 0 Å². The number of rotatable bonds is 5. The Morgan fingerprint density at radius 3 is 1.90 bits per heavy atom. The third kappa shape index (κ3) is 4.15. The van der Waals surface area contributed by atoms with E-state index in [1.807, 2.05) is 42.5 Å². The van der Waals surface area contributed by atoms with Gasteiger partial charge in [0.15, 0.2) is 0 Å². The molecule has 3 aromatic carbocycles.